The molecule has 1 aromatic rings. The number of hydrogen-bond donors (Lipinski definition) is 0. The van der Waals surface area contributed by atoms with Gasteiger partial charge in [-0.2, -0.15) is 0 Å². The Kier molecular flexibility index (Phi) is 3.98. The molecule has 1 aliphatic rings. The van der Waals surface area contributed by atoms with Crippen LogP contribution < -0.4 is 14.2 Å². The van der Waals surface area contributed by atoms with E-state index in [1.54, 1.807) is 21.3 Å². The van der Waals surface area contributed by atoms with E-state index < -0.39 is 0 Å². The van der Waals surface area contributed by atoms with Gasteiger partial charge in [-0.25, -0.2) is 0 Å². The average molecular weight is 276 g/mol. The summed E-state index contributed by atoms with van der Waals surface area (Å²) in [6.45, 7) is 6.64. The van der Waals surface area contributed by atoms with Crippen molar-refractivity contribution >= 4 is 0 Å². The molecule has 1 aromatic carbocycles. The van der Waals surface area contributed by atoms with Gasteiger partial charge >= 0.3 is 0 Å². The first-order valence-electron chi connectivity index (χ1n) is 7.11. The lowest BCUT2D eigenvalue weighted by atomic mass is 9.83. The van der Waals surface area contributed by atoms with E-state index in [0.29, 0.717) is 0 Å². The van der Waals surface area contributed by atoms with Crippen molar-refractivity contribution in [2.45, 2.75) is 39.0 Å². The maximum atomic E-state index is 5.61. The normalized spacial score (nSPS) is 20.9. The summed E-state index contributed by atoms with van der Waals surface area (Å²) >= 11 is 0. The van der Waals surface area contributed by atoms with Gasteiger partial charge in [0.05, 0.1) is 26.9 Å². The largest absolute Gasteiger partial charge is 0.496 e. The van der Waals surface area contributed by atoms with Gasteiger partial charge in [-0.15, -0.1) is 0 Å². The van der Waals surface area contributed by atoms with Crippen molar-refractivity contribution in [2.75, 3.05) is 21.3 Å². The summed E-state index contributed by atoms with van der Waals surface area (Å²) in [4.78, 5) is 0. The van der Waals surface area contributed by atoms with Crippen LogP contribution in [-0.4, -0.2) is 21.3 Å². The van der Waals surface area contributed by atoms with E-state index >= 15 is 0 Å². The molecule has 20 heavy (non-hydrogen) atoms. The monoisotopic (exact) mass is 276 g/mol. The maximum Gasteiger partial charge on any atom is 0.130 e. The number of rotatable bonds is 6. The number of hydrogen-bond acceptors (Lipinski definition) is 3. The van der Waals surface area contributed by atoms with Crippen LogP contribution in [0.1, 0.15) is 39.2 Å². The Bertz CT molecular complexity index is 520. The van der Waals surface area contributed by atoms with Crippen LogP contribution >= 0.6 is 0 Å². The van der Waals surface area contributed by atoms with E-state index in [1.807, 2.05) is 12.1 Å². The lowest BCUT2D eigenvalue weighted by Crippen LogP contribution is -2.15. The molecule has 0 bridgehead atoms. The quantitative estimate of drug-likeness (QED) is 0.732. The van der Waals surface area contributed by atoms with Crippen molar-refractivity contribution in [2.24, 2.45) is 0 Å². The Morgan fingerprint density at radius 1 is 0.950 bits per heavy atom. The molecule has 0 amide bonds. The van der Waals surface area contributed by atoms with Gasteiger partial charge in [0.25, 0.3) is 0 Å². The minimum atomic E-state index is 0.0116. The summed E-state index contributed by atoms with van der Waals surface area (Å²) in [5, 5.41) is 0. The highest BCUT2D eigenvalue weighted by atomic mass is 16.5. The Hall–Kier alpha value is -1.64. The zero-order chi connectivity index (χ0) is 14.9. The molecule has 0 aromatic heterocycles. The minimum absolute atomic E-state index is 0.0116. The third-order valence-electron chi connectivity index (χ3n) is 4.57. The molecule has 0 N–H and O–H groups in total. The molecule has 1 atom stereocenters. The lowest BCUT2D eigenvalue weighted by Gasteiger charge is -2.24. The van der Waals surface area contributed by atoms with Crippen LogP contribution in [0, 0.1) is 0 Å². The second-order valence-corrected chi connectivity index (χ2v) is 5.12. The highest BCUT2D eigenvalue weighted by molar-refractivity contribution is 5.69. The van der Waals surface area contributed by atoms with Gasteiger partial charge in [0, 0.05) is 17.5 Å². The molecule has 1 aliphatic carbocycles. The molecule has 0 fully saturated rings. The molecule has 1 unspecified atom stereocenters. The van der Waals surface area contributed by atoms with E-state index in [2.05, 4.69) is 20.8 Å². The Morgan fingerprint density at radius 2 is 1.50 bits per heavy atom. The second kappa shape index (κ2) is 5.39. The van der Waals surface area contributed by atoms with Crippen LogP contribution in [0.2, 0.25) is 0 Å². The SMILES string of the molecule is CCC1=C(C)C1(CC)c1c(OC)cc(OC)cc1OC. The molecule has 0 spiro atoms. The molecule has 3 heteroatoms. The first-order valence-corrected chi connectivity index (χ1v) is 7.11. The zero-order valence-corrected chi connectivity index (χ0v) is 13.3. The maximum absolute atomic E-state index is 5.61. The van der Waals surface area contributed by atoms with Gasteiger partial charge < -0.3 is 14.2 Å². The number of benzene rings is 1. The molecule has 0 saturated heterocycles. The Balaban J connectivity index is 2.62. The molecule has 0 heterocycles. The van der Waals surface area contributed by atoms with Crippen LogP contribution in [0.5, 0.6) is 17.2 Å². The van der Waals surface area contributed by atoms with E-state index in [-0.39, 0.29) is 5.41 Å². The summed E-state index contributed by atoms with van der Waals surface area (Å²) in [7, 11) is 5.05. The van der Waals surface area contributed by atoms with Crippen LogP contribution in [0.4, 0.5) is 0 Å². The van der Waals surface area contributed by atoms with Gasteiger partial charge in [0.2, 0.25) is 0 Å². The molecule has 0 radical (unpaired) electrons. The fourth-order valence-corrected chi connectivity index (χ4v) is 3.52. The smallest absolute Gasteiger partial charge is 0.130 e. The van der Waals surface area contributed by atoms with Gasteiger partial charge in [-0.3, -0.25) is 0 Å². The summed E-state index contributed by atoms with van der Waals surface area (Å²) < 4.78 is 16.6. The van der Waals surface area contributed by atoms with Crippen molar-refractivity contribution in [1.29, 1.82) is 0 Å². The van der Waals surface area contributed by atoms with E-state index in [9.17, 15) is 0 Å². The van der Waals surface area contributed by atoms with E-state index in [0.717, 1.165) is 35.7 Å². The van der Waals surface area contributed by atoms with E-state index in [4.69, 9.17) is 14.2 Å². The first-order chi connectivity index (χ1) is 9.60. The number of ether oxygens (including phenoxy) is 3. The van der Waals surface area contributed by atoms with Crippen LogP contribution in [-0.2, 0) is 5.41 Å². The first kappa shape index (κ1) is 14.8. The Morgan fingerprint density at radius 3 is 1.80 bits per heavy atom. The minimum Gasteiger partial charge on any atom is -0.496 e. The molecule has 3 nitrogen and oxygen atoms in total. The summed E-state index contributed by atoms with van der Waals surface area (Å²) in [6.07, 6.45) is 2.10. The molecule has 110 valence electrons. The second-order valence-electron chi connectivity index (χ2n) is 5.12. The van der Waals surface area contributed by atoms with Crippen LogP contribution in [0.25, 0.3) is 0 Å². The van der Waals surface area contributed by atoms with Crippen molar-refractivity contribution in [3.8, 4) is 17.2 Å². The summed E-state index contributed by atoms with van der Waals surface area (Å²) in [5.74, 6) is 2.43. The molecule has 0 aliphatic heterocycles. The Labute approximate surface area is 121 Å². The predicted molar refractivity (Wildman–Crippen MR) is 81.1 cm³/mol. The highest BCUT2D eigenvalue weighted by Crippen LogP contribution is 2.62. The van der Waals surface area contributed by atoms with Crippen molar-refractivity contribution < 1.29 is 14.2 Å². The van der Waals surface area contributed by atoms with Crippen LogP contribution in [0.3, 0.4) is 0 Å². The van der Waals surface area contributed by atoms with Gasteiger partial charge in [-0.1, -0.05) is 25.0 Å². The standard InChI is InChI=1S/C17H24O3/c1-7-13-11(3)17(13,8-2)16-14(19-5)9-12(18-4)10-15(16)20-6/h9-10H,7-8H2,1-6H3. The molecule has 0 saturated carbocycles. The molecule has 2 rings (SSSR count). The summed E-state index contributed by atoms with van der Waals surface area (Å²) in [5.41, 5.74) is 4.10. The van der Waals surface area contributed by atoms with Crippen molar-refractivity contribution in [1.82, 2.24) is 0 Å². The highest BCUT2D eigenvalue weighted by Gasteiger charge is 2.52. The lowest BCUT2D eigenvalue weighted by molar-refractivity contribution is 0.361. The summed E-state index contributed by atoms with van der Waals surface area (Å²) in [6, 6.07) is 3.88. The average Bonchev–Trinajstić information content (AvgIpc) is 3.09. The third kappa shape index (κ3) is 1.88. The van der Waals surface area contributed by atoms with Gasteiger partial charge in [-0.05, 0) is 19.8 Å². The zero-order valence-electron chi connectivity index (χ0n) is 13.3. The van der Waals surface area contributed by atoms with Crippen molar-refractivity contribution in [3.05, 3.63) is 28.8 Å². The topological polar surface area (TPSA) is 27.7 Å². The van der Waals surface area contributed by atoms with Gasteiger partial charge in [0.1, 0.15) is 17.2 Å². The molecular weight excluding hydrogens is 252 g/mol. The third-order valence-corrected chi connectivity index (χ3v) is 4.57. The number of methoxy groups -OCH3 is 3. The van der Waals surface area contributed by atoms with E-state index in [1.165, 1.54) is 11.1 Å². The van der Waals surface area contributed by atoms with Crippen LogP contribution in [0.15, 0.2) is 23.3 Å². The fraction of sp³-hybridized carbons (Fsp3) is 0.529. The van der Waals surface area contributed by atoms with Crippen molar-refractivity contribution in [3.63, 3.8) is 0 Å². The predicted octanol–water partition coefficient (Wildman–Crippen LogP) is 4.10. The van der Waals surface area contributed by atoms with Gasteiger partial charge in [0.15, 0.2) is 0 Å². The number of allylic oxidation sites excluding steroid dienone is 2. The molecular formula is C17H24O3. The fourth-order valence-electron chi connectivity index (χ4n) is 3.52.